The third kappa shape index (κ3) is 5.11. The van der Waals surface area contributed by atoms with Gasteiger partial charge in [-0.2, -0.15) is 4.31 Å². The summed E-state index contributed by atoms with van der Waals surface area (Å²) >= 11 is 0. The number of carbonyl (C=O) groups is 2. The number of rotatable bonds is 7. The topological polar surface area (TPSA) is 127 Å². The lowest BCUT2D eigenvalue weighted by atomic mass is 10.3. The maximum Gasteiger partial charge on any atom is 0.321 e. The molecular formula is C18H26N6O4S. The van der Waals surface area contributed by atoms with Crippen LogP contribution in [0.2, 0.25) is 0 Å². The fourth-order valence-electron chi connectivity index (χ4n) is 3.20. The Morgan fingerprint density at radius 2 is 2.00 bits per heavy atom. The van der Waals surface area contributed by atoms with Gasteiger partial charge in [-0.15, -0.1) is 0 Å². The van der Waals surface area contributed by atoms with Crippen molar-refractivity contribution in [2.45, 2.75) is 24.7 Å². The lowest BCUT2D eigenvalue weighted by molar-refractivity contribution is -0.121. The Morgan fingerprint density at radius 1 is 1.24 bits per heavy atom. The second kappa shape index (κ2) is 9.33. The first-order chi connectivity index (χ1) is 13.9. The van der Waals surface area contributed by atoms with Crippen LogP contribution >= 0.6 is 0 Å². The van der Waals surface area contributed by atoms with Gasteiger partial charge in [-0.1, -0.05) is 13.3 Å². The van der Waals surface area contributed by atoms with Gasteiger partial charge in [-0.25, -0.2) is 18.2 Å². The van der Waals surface area contributed by atoms with E-state index < -0.39 is 22.0 Å². The molecule has 2 aromatic heterocycles. The molecule has 0 unspecified atom stereocenters. The molecule has 11 heteroatoms. The maximum atomic E-state index is 13.0. The lowest BCUT2D eigenvalue weighted by Gasteiger charge is -2.33. The first kappa shape index (κ1) is 21.2. The number of H-pyrrole nitrogens is 1. The van der Waals surface area contributed by atoms with Crippen LogP contribution in [0.25, 0.3) is 11.0 Å². The molecule has 158 valence electrons. The summed E-state index contributed by atoms with van der Waals surface area (Å²) in [6.07, 6.45) is 4.87. The number of hydrogen-bond donors (Lipinski definition) is 3. The summed E-state index contributed by atoms with van der Waals surface area (Å²) in [4.78, 5) is 32.7. The number of pyridine rings is 1. The number of piperazine rings is 1. The highest BCUT2D eigenvalue weighted by Gasteiger charge is 2.31. The van der Waals surface area contributed by atoms with Crippen LogP contribution in [0.5, 0.6) is 0 Å². The molecular weight excluding hydrogens is 396 g/mol. The molecule has 0 aromatic carbocycles. The minimum absolute atomic E-state index is 0.0477. The first-order valence-electron chi connectivity index (χ1n) is 9.64. The second-order valence-corrected chi connectivity index (χ2v) is 8.80. The molecule has 10 nitrogen and oxygen atoms in total. The van der Waals surface area contributed by atoms with Crippen molar-refractivity contribution < 1.29 is 18.0 Å². The number of unbranched alkanes of at least 4 members (excludes halogenated alkanes) is 1. The van der Waals surface area contributed by atoms with E-state index in [2.05, 4.69) is 20.6 Å². The van der Waals surface area contributed by atoms with E-state index in [0.717, 1.165) is 12.8 Å². The largest absolute Gasteiger partial charge is 0.345 e. The Balaban J connectivity index is 1.52. The quantitative estimate of drug-likeness (QED) is 0.558. The van der Waals surface area contributed by atoms with Crippen LogP contribution in [0.15, 0.2) is 29.4 Å². The van der Waals surface area contributed by atoms with Crippen LogP contribution < -0.4 is 10.6 Å². The average molecular weight is 423 g/mol. The highest BCUT2D eigenvalue weighted by Crippen LogP contribution is 2.25. The Kier molecular flexibility index (Phi) is 6.83. The number of hydrogen-bond acceptors (Lipinski definition) is 6. The van der Waals surface area contributed by atoms with Gasteiger partial charge in [0.05, 0.1) is 6.54 Å². The van der Waals surface area contributed by atoms with Crippen molar-refractivity contribution in [3.8, 4) is 0 Å². The van der Waals surface area contributed by atoms with E-state index in [-0.39, 0.29) is 24.5 Å². The summed E-state index contributed by atoms with van der Waals surface area (Å²) in [7, 11) is -3.66. The molecule has 0 spiro atoms. The Morgan fingerprint density at radius 3 is 2.72 bits per heavy atom. The van der Waals surface area contributed by atoms with Gasteiger partial charge in [-0.3, -0.25) is 15.0 Å². The average Bonchev–Trinajstić information content (AvgIpc) is 3.13. The normalized spacial score (nSPS) is 16.0. The molecule has 1 aliphatic rings. The van der Waals surface area contributed by atoms with E-state index in [1.54, 1.807) is 18.3 Å². The number of amides is 3. The molecule has 29 heavy (non-hydrogen) atoms. The summed E-state index contributed by atoms with van der Waals surface area (Å²) in [5, 5.41) is 5.48. The summed E-state index contributed by atoms with van der Waals surface area (Å²) in [5.74, 6) is -0.405. The zero-order valence-electron chi connectivity index (χ0n) is 16.3. The Hall–Kier alpha value is -2.50. The molecule has 1 aliphatic heterocycles. The van der Waals surface area contributed by atoms with Gasteiger partial charge in [0.2, 0.25) is 15.9 Å². The van der Waals surface area contributed by atoms with Gasteiger partial charge in [0.1, 0.15) is 10.5 Å². The number of fused-ring (bicyclic) bond motifs is 1. The van der Waals surface area contributed by atoms with Crippen molar-refractivity contribution in [3.05, 3.63) is 24.5 Å². The fraction of sp³-hybridized carbons (Fsp3) is 0.500. The van der Waals surface area contributed by atoms with Crippen LogP contribution in [0.4, 0.5) is 4.79 Å². The first-order valence-corrected chi connectivity index (χ1v) is 11.1. The summed E-state index contributed by atoms with van der Waals surface area (Å²) in [6.45, 7) is 3.94. The molecule has 0 saturated carbocycles. The van der Waals surface area contributed by atoms with E-state index in [0.29, 0.717) is 30.7 Å². The minimum Gasteiger partial charge on any atom is -0.345 e. The van der Waals surface area contributed by atoms with Crippen molar-refractivity contribution in [1.82, 2.24) is 29.8 Å². The van der Waals surface area contributed by atoms with Crippen LogP contribution in [-0.2, 0) is 14.8 Å². The van der Waals surface area contributed by atoms with E-state index in [1.807, 2.05) is 11.8 Å². The lowest BCUT2D eigenvalue weighted by Crippen LogP contribution is -2.52. The van der Waals surface area contributed by atoms with Crippen molar-refractivity contribution in [2.24, 2.45) is 0 Å². The minimum atomic E-state index is -3.66. The predicted molar refractivity (Wildman–Crippen MR) is 108 cm³/mol. The number of carbonyl (C=O) groups excluding carboxylic acids is 2. The van der Waals surface area contributed by atoms with Crippen molar-refractivity contribution in [3.63, 3.8) is 0 Å². The van der Waals surface area contributed by atoms with E-state index in [9.17, 15) is 18.0 Å². The molecule has 2 aromatic rings. The van der Waals surface area contributed by atoms with E-state index in [1.165, 1.54) is 10.5 Å². The van der Waals surface area contributed by atoms with Crippen LogP contribution in [0.3, 0.4) is 0 Å². The van der Waals surface area contributed by atoms with Crippen LogP contribution in [0.1, 0.15) is 19.8 Å². The standard InChI is InChI=1S/C18H26N6O4S/c1-2-3-6-20-18(26)22-16(25)13-23-8-10-24(11-9-23)29(27,28)15-12-21-17-14(15)5-4-7-19-17/h4-5,7,12H,2-3,6,8-11,13H2,1H3,(H,19,21)(H2,20,22,25,26). The van der Waals surface area contributed by atoms with Crippen LogP contribution in [-0.4, -0.2) is 78.8 Å². The SMILES string of the molecule is CCCCNC(=O)NC(=O)CN1CCN(S(=O)(=O)c2c[nH]c3ncccc23)CC1. The zero-order chi connectivity index (χ0) is 20.9. The van der Waals surface area contributed by atoms with Gasteiger partial charge in [-0.05, 0) is 18.6 Å². The molecule has 3 rings (SSSR count). The molecule has 0 aliphatic carbocycles. The second-order valence-electron chi connectivity index (χ2n) is 6.89. The monoisotopic (exact) mass is 422 g/mol. The molecule has 0 atom stereocenters. The Bertz CT molecular complexity index is 966. The van der Waals surface area contributed by atoms with Crippen LogP contribution in [0, 0.1) is 0 Å². The van der Waals surface area contributed by atoms with Gasteiger partial charge in [0, 0.05) is 50.5 Å². The number of nitrogens with zero attached hydrogens (tertiary/aromatic N) is 3. The van der Waals surface area contributed by atoms with Gasteiger partial charge in [0.15, 0.2) is 0 Å². The zero-order valence-corrected chi connectivity index (χ0v) is 17.2. The number of aromatic nitrogens is 2. The Labute approximate surface area is 169 Å². The number of urea groups is 1. The fourth-order valence-corrected chi connectivity index (χ4v) is 4.78. The summed E-state index contributed by atoms with van der Waals surface area (Å²) in [5.41, 5.74) is 0.526. The highest BCUT2D eigenvalue weighted by atomic mass is 32.2. The van der Waals surface area contributed by atoms with Gasteiger partial charge < -0.3 is 10.3 Å². The van der Waals surface area contributed by atoms with E-state index in [4.69, 9.17) is 0 Å². The summed E-state index contributed by atoms with van der Waals surface area (Å²) in [6, 6.07) is 2.92. The number of sulfonamides is 1. The maximum absolute atomic E-state index is 13.0. The van der Waals surface area contributed by atoms with Crippen molar-refractivity contribution in [2.75, 3.05) is 39.3 Å². The number of imide groups is 1. The van der Waals surface area contributed by atoms with Gasteiger partial charge >= 0.3 is 6.03 Å². The van der Waals surface area contributed by atoms with E-state index >= 15 is 0 Å². The van der Waals surface area contributed by atoms with Gasteiger partial charge in [0.25, 0.3) is 0 Å². The molecule has 0 radical (unpaired) electrons. The number of aromatic amines is 1. The molecule has 1 fully saturated rings. The summed E-state index contributed by atoms with van der Waals surface area (Å²) < 4.78 is 27.4. The van der Waals surface area contributed by atoms with Crippen molar-refractivity contribution >= 4 is 33.0 Å². The smallest absolute Gasteiger partial charge is 0.321 e. The van der Waals surface area contributed by atoms with Crippen molar-refractivity contribution in [1.29, 1.82) is 0 Å². The molecule has 3 heterocycles. The third-order valence-corrected chi connectivity index (χ3v) is 6.74. The number of nitrogens with one attached hydrogen (secondary N) is 3. The molecule has 3 amide bonds. The highest BCUT2D eigenvalue weighted by molar-refractivity contribution is 7.89. The molecule has 3 N–H and O–H groups in total. The third-order valence-electron chi connectivity index (χ3n) is 4.80. The molecule has 1 saturated heterocycles. The predicted octanol–water partition coefficient (Wildman–Crippen LogP) is 0.495. The molecule has 0 bridgehead atoms.